The molecule has 0 aliphatic rings. The highest BCUT2D eigenvalue weighted by molar-refractivity contribution is 7.94. The molecule has 0 bridgehead atoms. The van der Waals surface area contributed by atoms with Gasteiger partial charge in [0.1, 0.15) is 38.4 Å². The lowest BCUT2D eigenvalue weighted by Gasteiger charge is -2.15. The lowest BCUT2D eigenvalue weighted by Crippen LogP contribution is -2.16. The van der Waals surface area contributed by atoms with Gasteiger partial charge in [-0.1, -0.05) is 10.1 Å². The summed E-state index contributed by atoms with van der Waals surface area (Å²) in [5.74, 6) is -2.92. The Labute approximate surface area is 347 Å². The number of benzene rings is 4. The Morgan fingerprint density at radius 2 is 1.35 bits per heavy atom. The predicted molar refractivity (Wildman–Crippen MR) is 205 cm³/mol. The molecule has 0 saturated heterocycles. The quantitative estimate of drug-likeness (QED) is 0.0114. The van der Waals surface area contributed by atoms with E-state index >= 15 is 0 Å². The monoisotopic (exact) mass is 963 g/mol. The maximum Gasteiger partial charge on any atom is 0.397 e. The third-order valence-electron chi connectivity index (χ3n) is 7.39. The molecule has 60 heavy (non-hydrogen) atoms. The first-order valence-corrected chi connectivity index (χ1v) is 23.0. The van der Waals surface area contributed by atoms with Crippen LogP contribution in [-0.2, 0) is 67.3 Å². The van der Waals surface area contributed by atoms with E-state index in [1.165, 1.54) is 24.3 Å². The van der Waals surface area contributed by atoms with Gasteiger partial charge in [-0.2, -0.15) is 21.9 Å². The van der Waals surface area contributed by atoms with Crippen LogP contribution >= 0.6 is 24.4 Å². The van der Waals surface area contributed by atoms with Crippen molar-refractivity contribution < 1.29 is 95.0 Å². The highest BCUT2D eigenvalue weighted by Gasteiger charge is 2.27. The van der Waals surface area contributed by atoms with E-state index in [1.54, 1.807) is 0 Å². The minimum atomic E-state index is -5.19. The first-order chi connectivity index (χ1) is 28.2. The van der Waals surface area contributed by atoms with Crippen molar-refractivity contribution >= 4 is 104 Å². The second-order valence-corrected chi connectivity index (χ2v) is 18.9. The van der Waals surface area contributed by atoms with Crippen LogP contribution in [0, 0.1) is 0 Å². The van der Waals surface area contributed by atoms with Crippen molar-refractivity contribution in [1.82, 2.24) is 0 Å². The molecule has 0 saturated carbocycles. The number of phenols is 1. The van der Waals surface area contributed by atoms with E-state index in [-0.39, 0.29) is 74.4 Å². The minimum Gasteiger partial charge on any atom is -0.505 e. The second kappa shape index (κ2) is 20.5. The van der Waals surface area contributed by atoms with Crippen LogP contribution in [0.2, 0.25) is 0 Å². The number of hydrogen-bond acceptors (Lipinski definition) is 26. The Balaban J connectivity index is 1.80. The van der Waals surface area contributed by atoms with Crippen molar-refractivity contribution in [3.8, 4) is 17.2 Å². The van der Waals surface area contributed by atoms with Crippen molar-refractivity contribution in [3.63, 3.8) is 0 Å². The van der Waals surface area contributed by atoms with E-state index in [2.05, 4.69) is 43.4 Å². The second-order valence-electron chi connectivity index (χ2n) is 11.0. The number of hydrogen-bond donors (Lipinski definition) is 6. The smallest absolute Gasteiger partial charge is 0.397 e. The first kappa shape index (κ1) is 48.3. The molecule has 0 fully saturated rings. The molecule has 26 nitrogen and oxygen atoms in total. The third kappa shape index (κ3) is 12.4. The minimum absolute atomic E-state index is 0.0443. The first-order valence-electron chi connectivity index (χ1n) is 15.4. The van der Waals surface area contributed by atoms with Crippen molar-refractivity contribution in [2.24, 2.45) is 20.5 Å². The SMILES string of the molecule is COc1cc(S(=O)(=O)CCOS(=O)(=O)O)c(OC)cc1/N=N/c1c(S(=O)(=O)O)cc2cc(SOOO)c(/N=N/c3ccc(S(=O)(=O)CCOSOOO)cc3)c(O)c2c1N. The van der Waals surface area contributed by atoms with Gasteiger partial charge in [-0.3, -0.25) is 13.3 Å². The molecule has 0 spiro atoms. The lowest BCUT2D eigenvalue weighted by atomic mass is 10.1. The topological polar surface area (TPSA) is 387 Å². The van der Waals surface area contributed by atoms with Gasteiger partial charge in [-0.15, -0.1) is 24.0 Å². The Morgan fingerprint density at radius 3 is 1.95 bits per heavy atom. The summed E-state index contributed by atoms with van der Waals surface area (Å²) >= 11 is 0.454. The van der Waals surface area contributed by atoms with Gasteiger partial charge >= 0.3 is 10.4 Å². The highest BCUT2D eigenvalue weighted by Crippen LogP contribution is 2.50. The third-order valence-corrected chi connectivity index (χ3v) is 13.1. The molecule has 0 aromatic heterocycles. The maximum atomic E-state index is 13.0. The lowest BCUT2D eigenvalue weighted by molar-refractivity contribution is -0.434. The summed E-state index contributed by atoms with van der Waals surface area (Å²) in [7, 11) is -16.2. The number of methoxy groups -OCH3 is 2. The van der Waals surface area contributed by atoms with Crippen molar-refractivity contribution in [3.05, 3.63) is 48.5 Å². The number of nitrogen functional groups attached to an aromatic ring is 1. The molecule has 328 valence electrons. The molecule has 4 rings (SSSR count). The molecular weight excluding hydrogens is 935 g/mol. The number of phenolic OH excluding ortho intramolecular Hbond substituents is 1. The van der Waals surface area contributed by atoms with Gasteiger partial charge in [0.25, 0.3) is 10.1 Å². The fourth-order valence-electron chi connectivity index (χ4n) is 4.82. The molecule has 0 aliphatic heterocycles. The Morgan fingerprint density at radius 1 is 0.717 bits per heavy atom. The molecule has 4 aromatic carbocycles. The number of rotatable bonds is 22. The molecule has 0 amide bonds. The summed E-state index contributed by atoms with van der Waals surface area (Å²) in [6.07, 6.45) is 0. The van der Waals surface area contributed by atoms with E-state index in [0.717, 1.165) is 38.5 Å². The number of anilines is 1. The van der Waals surface area contributed by atoms with Crippen LogP contribution in [0.4, 0.5) is 28.4 Å². The van der Waals surface area contributed by atoms with Crippen LogP contribution in [0.3, 0.4) is 0 Å². The van der Waals surface area contributed by atoms with Crippen LogP contribution in [0.5, 0.6) is 17.2 Å². The molecule has 0 unspecified atom stereocenters. The molecule has 0 atom stereocenters. The summed E-state index contributed by atoms with van der Waals surface area (Å²) in [5.41, 5.74) is 4.28. The summed E-state index contributed by atoms with van der Waals surface area (Å²) < 4.78 is 145. The van der Waals surface area contributed by atoms with E-state index in [0.29, 0.717) is 0 Å². The summed E-state index contributed by atoms with van der Waals surface area (Å²) in [6, 6.07) is 8.76. The van der Waals surface area contributed by atoms with Crippen LogP contribution in [0.15, 0.2) is 88.6 Å². The summed E-state index contributed by atoms with van der Waals surface area (Å²) in [6.45, 7) is -1.31. The van der Waals surface area contributed by atoms with Gasteiger partial charge in [-0.05, 0) is 41.8 Å². The molecule has 4 aromatic rings. The average molecular weight is 964 g/mol. The fourth-order valence-corrected chi connectivity index (χ4v) is 9.05. The molecule has 0 heterocycles. The van der Waals surface area contributed by atoms with Crippen molar-refractivity contribution in [2.75, 3.05) is 44.7 Å². The molecule has 0 radical (unpaired) electrons. The molecule has 7 N–H and O–H groups in total. The Hall–Kier alpha value is -4.36. The van der Waals surface area contributed by atoms with Gasteiger partial charge in [0.2, 0.25) is 0 Å². The van der Waals surface area contributed by atoms with Gasteiger partial charge < -0.3 is 20.3 Å². The zero-order valence-electron chi connectivity index (χ0n) is 30.0. The van der Waals surface area contributed by atoms with Crippen molar-refractivity contribution in [2.45, 2.75) is 19.6 Å². The summed E-state index contributed by atoms with van der Waals surface area (Å²) in [5, 5.41) is 50.6. The van der Waals surface area contributed by atoms with E-state index in [4.69, 9.17) is 34.5 Å². The number of nitrogens with two attached hydrogens (primary N) is 1. The van der Waals surface area contributed by atoms with Gasteiger partial charge in [0, 0.05) is 12.1 Å². The predicted octanol–water partition coefficient (Wildman–Crippen LogP) is 5.02. The number of fused-ring (bicyclic) bond motifs is 1. The maximum absolute atomic E-state index is 13.0. The van der Waals surface area contributed by atoms with Crippen LogP contribution in [-0.4, -0.2) is 97.3 Å². The number of azo groups is 2. The number of nitrogens with zero attached hydrogens (tertiary/aromatic N) is 4. The van der Waals surface area contributed by atoms with E-state index in [1.807, 2.05) is 0 Å². The molecule has 0 aliphatic carbocycles. The number of sulfone groups is 2. The average Bonchev–Trinajstić information content (AvgIpc) is 3.17. The van der Waals surface area contributed by atoms with Crippen molar-refractivity contribution in [1.29, 1.82) is 0 Å². The highest BCUT2D eigenvalue weighted by atomic mass is 32.3. The zero-order chi connectivity index (χ0) is 44.5. The largest absolute Gasteiger partial charge is 0.505 e. The normalized spacial score (nSPS) is 12.8. The van der Waals surface area contributed by atoms with Gasteiger partial charge in [0.05, 0.1) is 77.5 Å². The number of aromatic hydroxyl groups is 1. The van der Waals surface area contributed by atoms with E-state index < -0.39 is 90.9 Å². The standard InChI is InChI=1S/C28H29N5O21S6/c1-47-19-14-22(58(39,40)10-8-50-60(44,45)46)20(48-2)13-18(19)31-33-27-23(59(41,42)43)12-15-11-21(55-53-51-35)26(28(34)24(15)25(27)29)32-30-16-3-5-17(6-4-16)57(37,38)9-7-49-56-54-52-36/h3-6,11-14,34-36H,7-10,29H2,1-2H3,(H,41,42,43)(H,44,45,46)/b32-30+,33-31+. The Bertz CT molecular complexity index is 2720. The van der Waals surface area contributed by atoms with Gasteiger partial charge in [0.15, 0.2) is 37.7 Å². The van der Waals surface area contributed by atoms with E-state index in [9.17, 15) is 43.3 Å². The zero-order valence-corrected chi connectivity index (χ0v) is 34.9. The summed E-state index contributed by atoms with van der Waals surface area (Å²) in [4.78, 5) is -1.81. The Kier molecular flexibility index (Phi) is 16.5. The number of ether oxygens (including phenoxy) is 2. The fraction of sp³-hybridized carbons (Fsp3) is 0.214. The van der Waals surface area contributed by atoms with Crippen LogP contribution < -0.4 is 15.2 Å². The molecule has 32 heteroatoms. The van der Waals surface area contributed by atoms with Crippen LogP contribution in [0.25, 0.3) is 10.8 Å². The van der Waals surface area contributed by atoms with Crippen LogP contribution in [0.1, 0.15) is 0 Å². The van der Waals surface area contributed by atoms with Gasteiger partial charge in [-0.25, -0.2) is 31.5 Å². The molecular formula is C28H29N5O21S6.